The molecule has 0 aliphatic carbocycles. The van der Waals surface area contributed by atoms with Crippen molar-refractivity contribution in [2.24, 2.45) is 5.73 Å². The fourth-order valence-corrected chi connectivity index (χ4v) is 3.40. The molecule has 6 heteroatoms. The topological polar surface area (TPSA) is 85.5 Å². The predicted molar refractivity (Wildman–Crippen MR) is 89.6 cm³/mol. The number of nitrogens with zero attached hydrogens (tertiary/aromatic N) is 2. The molecule has 2 aromatic rings. The Bertz CT molecular complexity index is 739. The van der Waals surface area contributed by atoms with E-state index in [2.05, 4.69) is 30.8 Å². The van der Waals surface area contributed by atoms with E-state index in [9.17, 15) is 4.79 Å². The molecule has 1 atom stereocenters. The molecule has 0 spiro atoms. The van der Waals surface area contributed by atoms with Gasteiger partial charge in [-0.15, -0.1) is 0 Å². The first kappa shape index (κ1) is 16.8. The Morgan fingerprint density at radius 3 is 2.75 bits per heavy atom. The summed E-state index contributed by atoms with van der Waals surface area (Å²) in [5.41, 5.74) is 7.11. The van der Waals surface area contributed by atoms with Crippen molar-refractivity contribution in [1.29, 1.82) is 0 Å². The maximum Gasteiger partial charge on any atom is 0.284 e. The third kappa shape index (κ3) is 3.24. The molecule has 1 amide bonds. The number of aryl methyl sites for hydroxylation is 1. The monoisotopic (exact) mass is 331 g/mol. The Balaban J connectivity index is 1.88. The van der Waals surface area contributed by atoms with E-state index in [0.29, 0.717) is 6.54 Å². The minimum absolute atomic E-state index is 0.193. The first-order valence-electron chi connectivity index (χ1n) is 8.36. The molecule has 1 aliphatic heterocycles. The highest BCUT2D eigenvalue weighted by Gasteiger charge is 2.32. The molecule has 6 nitrogen and oxygen atoms in total. The van der Waals surface area contributed by atoms with Gasteiger partial charge < -0.3 is 14.7 Å². The lowest BCUT2D eigenvalue weighted by Crippen LogP contribution is -2.24. The van der Waals surface area contributed by atoms with Crippen LogP contribution < -0.4 is 5.73 Å². The molecule has 2 N–H and O–H groups in total. The van der Waals surface area contributed by atoms with Crippen LogP contribution in [0.4, 0.5) is 0 Å². The summed E-state index contributed by atoms with van der Waals surface area (Å²) in [7, 11) is 0. The summed E-state index contributed by atoms with van der Waals surface area (Å²) in [5.74, 6) is 1.41. The van der Waals surface area contributed by atoms with Crippen molar-refractivity contribution in [1.82, 2.24) is 10.1 Å². The predicted octanol–water partition coefficient (Wildman–Crippen LogP) is 3.31. The number of primary amides is 1. The second kappa shape index (κ2) is 6.09. The number of amides is 1. The van der Waals surface area contributed by atoms with Gasteiger partial charge in [0.15, 0.2) is 11.5 Å². The van der Waals surface area contributed by atoms with E-state index in [0.717, 1.165) is 42.2 Å². The van der Waals surface area contributed by atoms with Gasteiger partial charge in [0.25, 0.3) is 5.91 Å². The van der Waals surface area contributed by atoms with Crippen LogP contribution in [-0.4, -0.2) is 22.5 Å². The van der Waals surface area contributed by atoms with E-state index in [1.165, 1.54) is 0 Å². The third-order valence-corrected chi connectivity index (χ3v) is 4.44. The molecule has 1 fully saturated rings. The lowest BCUT2D eigenvalue weighted by molar-refractivity contribution is 0.0970. The van der Waals surface area contributed by atoms with Gasteiger partial charge in [0.1, 0.15) is 5.76 Å². The van der Waals surface area contributed by atoms with Gasteiger partial charge in [-0.2, -0.15) is 0 Å². The van der Waals surface area contributed by atoms with Crippen molar-refractivity contribution in [2.75, 3.05) is 6.54 Å². The Morgan fingerprint density at radius 1 is 1.42 bits per heavy atom. The molecule has 1 saturated heterocycles. The number of hydrogen-bond acceptors (Lipinski definition) is 5. The quantitative estimate of drug-likeness (QED) is 0.929. The van der Waals surface area contributed by atoms with Gasteiger partial charge in [-0.25, -0.2) is 0 Å². The number of aromatic nitrogens is 1. The Hall–Kier alpha value is -2.08. The molecular weight excluding hydrogens is 306 g/mol. The van der Waals surface area contributed by atoms with Gasteiger partial charge in [0.05, 0.1) is 11.7 Å². The minimum Gasteiger partial charge on any atom is -0.455 e. The third-order valence-electron chi connectivity index (χ3n) is 4.44. The summed E-state index contributed by atoms with van der Waals surface area (Å²) in [6, 6.07) is 3.99. The SMILES string of the molecule is Cc1cc(C2CCCN2Cc2cc(C(N)=O)oc2C(C)(C)C)on1. The van der Waals surface area contributed by atoms with Crippen LogP contribution >= 0.6 is 0 Å². The van der Waals surface area contributed by atoms with Crippen LogP contribution in [0.15, 0.2) is 21.1 Å². The zero-order chi connectivity index (χ0) is 17.5. The highest BCUT2D eigenvalue weighted by Crippen LogP contribution is 2.36. The number of likely N-dealkylation sites (tertiary alicyclic amines) is 1. The molecule has 1 unspecified atom stereocenters. The number of hydrogen-bond donors (Lipinski definition) is 1. The number of carbonyl (C=O) groups is 1. The van der Waals surface area contributed by atoms with Gasteiger partial charge in [-0.05, 0) is 32.4 Å². The molecule has 130 valence electrons. The van der Waals surface area contributed by atoms with Gasteiger partial charge in [-0.3, -0.25) is 9.69 Å². The van der Waals surface area contributed by atoms with Crippen molar-refractivity contribution in [3.8, 4) is 0 Å². The van der Waals surface area contributed by atoms with Crippen molar-refractivity contribution in [3.63, 3.8) is 0 Å². The standard InChI is InChI=1S/C18H25N3O3/c1-11-8-14(24-20-11)13-6-5-7-21(13)10-12-9-15(17(19)22)23-16(12)18(2,3)4/h8-9,13H,5-7,10H2,1-4H3,(H2,19,22). The van der Waals surface area contributed by atoms with Crippen LogP contribution in [0.3, 0.4) is 0 Å². The van der Waals surface area contributed by atoms with Crippen molar-refractivity contribution in [3.05, 3.63) is 40.7 Å². The van der Waals surface area contributed by atoms with Crippen LogP contribution in [0.1, 0.15) is 73.0 Å². The number of carbonyl (C=O) groups excluding carboxylic acids is 1. The van der Waals surface area contributed by atoms with Gasteiger partial charge in [0, 0.05) is 23.6 Å². The maximum absolute atomic E-state index is 11.5. The second-order valence-electron chi connectivity index (χ2n) is 7.58. The van der Waals surface area contributed by atoms with E-state index in [1.54, 1.807) is 6.07 Å². The maximum atomic E-state index is 11.5. The average Bonchev–Trinajstić information content (AvgIpc) is 3.17. The largest absolute Gasteiger partial charge is 0.455 e. The number of furan rings is 1. The number of nitrogens with two attached hydrogens (primary N) is 1. The summed E-state index contributed by atoms with van der Waals surface area (Å²) in [6.07, 6.45) is 2.15. The first-order chi connectivity index (χ1) is 11.3. The number of rotatable bonds is 4. The van der Waals surface area contributed by atoms with Crippen molar-refractivity contribution >= 4 is 5.91 Å². The fraction of sp³-hybridized carbons (Fsp3) is 0.556. The van der Waals surface area contributed by atoms with E-state index < -0.39 is 5.91 Å². The van der Waals surface area contributed by atoms with Gasteiger partial charge in [-0.1, -0.05) is 25.9 Å². The van der Waals surface area contributed by atoms with Crippen LogP contribution in [0.5, 0.6) is 0 Å². The molecule has 3 rings (SSSR count). The second-order valence-corrected chi connectivity index (χ2v) is 7.58. The molecular formula is C18H25N3O3. The lowest BCUT2D eigenvalue weighted by atomic mass is 9.90. The molecule has 0 saturated carbocycles. The minimum atomic E-state index is -0.532. The van der Waals surface area contributed by atoms with Crippen molar-refractivity contribution in [2.45, 2.75) is 58.5 Å². The smallest absolute Gasteiger partial charge is 0.284 e. The van der Waals surface area contributed by atoms with E-state index in [1.807, 2.05) is 13.0 Å². The van der Waals surface area contributed by atoms with E-state index in [4.69, 9.17) is 14.7 Å². The highest BCUT2D eigenvalue weighted by atomic mass is 16.5. The summed E-state index contributed by atoms with van der Waals surface area (Å²) < 4.78 is 11.2. The average molecular weight is 331 g/mol. The molecule has 2 aromatic heterocycles. The normalized spacial score (nSPS) is 19.1. The molecule has 1 aliphatic rings. The Morgan fingerprint density at radius 2 is 2.17 bits per heavy atom. The van der Waals surface area contributed by atoms with Crippen LogP contribution in [-0.2, 0) is 12.0 Å². The van der Waals surface area contributed by atoms with Crippen molar-refractivity contribution < 1.29 is 13.7 Å². The zero-order valence-corrected chi connectivity index (χ0v) is 14.8. The van der Waals surface area contributed by atoms with Crippen LogP contribution in [0, 0.1) is 6.92 Å². The summed E-state index contributed by atoms with van der Waals surface area (Å²) in [4.78, 5) is 13.9. The molecule has 0 aromatic carbocycles. The van der Waals surface area contributed by atoms with E-state index in [-0.39, 0.29) is 17.2 Å². The lowest BCUT2D eigenvalue weighted by Gasteiger charge is -2.24. The Kier molecular flexibility index (Phi) is 4.25. The van der Waals surface area contributed by atoms with Crippen LogP contribution in [0.25, 0.3) is 0 Å². The molecule has 0 radical (unpaired) electrons. The summed E-state index contributed by atoms with van der Waals surface area (Å²) in [5, 5.41) is 4.01. The summed E-state index contributed by atoms with van der Waals surface area (Å²) >= 11 is 0. The summed E-state index contributed by atoms with van der Waals surface area (Å²) in [6.45, 7) is 9.82. The zero-order valence-electron chi connectivity index (χ0n) is 14.8. The fourth-order valence-electron chi connectivity index (χ4n) is 3.40. The van der Waals surface area contributed by atoms with Gasteiger partial charge >= 0.3 is 0 Å². The molecule has 24 heavy (non-hydrogen) atoms. The molecule has 3 heterocycles. The van der Waals surface area contributed by atoms with Gasteiger partial charge in [0.2, 0.25) is 0 Å². The van der Waals surface area contributed by atoms with E-state index >= 15 is 0 Å². The Labute approximate surface area is 142 Å². The van der Waals surface area contributed by atoms with Crippen LogP contribution in [0.2, 0.25) is 0 Å². The molecule has 0 bridgehead atoms. The first-order valence-corrected chi connectivity index (χ1v) is 8.36. The highest BCUT2D eigenvalue weighted by molar-refractivity contribution is 5.90.